The van der Waals surface area contributed by atoms with Crippen molar-refractivity contribution in [2.45, 2.75) is 31.2 Å². The molecule has 40 heavy (non-hydrogen) atoms. The Morgan fingerprint density at radius 1 is 0.900 bits per heavy atom. The van der Waals surface area contributed by atoms with E-state index in [1.54, 1.807) is 6.20 Å². The minimum Gasteiger partial charge on any atom is -0.395 e. The molecule has 5 aromatic rings. The van der Waals surface area contributed by atoms with Crippen LogP contribution in [0.1, 0.15) is 31.0 Å². The Labute approximate surface area is 234 Å². The summed E-state index contributed by atoms with van der Waals surface area (Å²) < 4.78 is 2.15. The van der Waals surface area contributed by atoms with Crippen molar-refractivity contribution >= 4 is 22.2 Å². The van der Waals surface area contributed by atoms with Gasteiger partial charge in [-0.1, -0.05) is 48.5 Å². The number of aromatic nitrogens is 4. The number of anilines is 1. The highest BCUT2D eigenvalue weighted by atomic mass is 16.3. The summed E-state index contributed by atoms with van der Waals surface area (Å²) in [6.07, 6.45) is 7.12. The van der Waals surface area contributed by atoms with E-state index in [0.29, 0.717) is 17.8 Å². The number of benzene rings is 2. The first kappa shape index (κ1) is 25.1. The standard InChI is InChI=1S/C32H35N7O/c33-31-30-29(24-8-7-23-9-10-27(35-28(23)21-24)22-5-2-1-3-6-22)36-32(39(30)14-11-34-31)25-19-26(20-25)38-13-4-12-37(15-16-38)17-18-40/h1-3,5-11,14,21,25-26,40H,4,12-13,15-20H2,(H2,33,34). The van der Waals surface area contributed by atoms with Gasteiger partial charge in [-0.2, -0.15) is 0 Å². The summed E-state index contributed by atoms with van der Waals surface area (Å²) in [6.45, 7) is 5.30. The maximum Gasteiger partial charge on any atom is 0.150 e. The second kappa shape index (κ2) is 10.6. The Balaban J connectivity index is 1.18. The molecule has 2 aliphatic rings. The average molecular weight is 534 g/mol. The Bertz CT molecular complexity index is 1640. The van der Waals surface area contributed by atoms with E-state index in [0.717, 1.165) is 96.7 Å². The number of rotatable bonds is 6. The van der Waals surface area contributed by atoms with E-state index in [2.05, 4.69) is 61.6 Å². The van der Waals surface area contributed by atoms with E-state index in [4.69, 9.17) is 15.7 Å². The van der Waals surface area contributed by atoms with Crippen molar-refractivity contribution in [2.75, 3.05) is 45.1 Å². The zero-order valence-electron chi connectivity index (χ0n) is 22.7. The van der Waals surface area contributed by atoms with E-state index in [9.17, 15) is 5.11 Å². The smallest absolute Gasteiger partial charge is 0.150 e. The summed E-state index contributed by atoms with van der Waals surface area (Å²) in [5.74, 6) is 1.95. The molecule has 0 amide bonds. The van der Waals surface area contributed by atoms with Gasteiger partial charge >= 0.3 is 0 Å². The molecule has 8 nitrogen and oxygen atoms in total. The number of imidazole rings is 1. The number of hydrogen-bond donors (Lipinski definition) is 2. The second-order valence-corrected chi connectivity index (χ2v) is 11.1. The fourth-order valence-corrected chi connectivity index (χ4v) is 6.43. The van der Waals surface area contributed by atoms with Gasteiger partial charge < -0.3 is 10.8 Å². The van der Waals surface area contributed by atoms with E-state index in [1.165, 1.54) is 0 Å². The number of fused-ring (bicyclic) bond motifs is 2. The molecule has 0 radical (unpaired) electrons. The zero-order valence-corrected chi connectivity index (χ0v) is 22.7. The molecular weight excluding hydrogens is 498 g/mol. The fourth-order valence-electron chi connectivity index (χ4n) is 6.43. The molecule has 1 aliphatic carbocycles. The van der Waals surface area contributed by atoms with Crippen molar-refractivity contribution in [3.63, 3.8) is 0 Å². The third kappa shape index (κ3) is 4.62. The van der Waals surface area contributed by atoms with E-state index in [-0.39, 0.29) is 6.61 Å². The molecule has 0 unspecified atom stereocenters. The summed E-state index contributed by atoms with van der Waals surface area (Å²) in [5.41, 5.74) is 12.2. The van der Waals surface area contributed by atoms with Crippen LogP contribution in [0.25, 0.3) is 38.9 Å². The highest BCUT2D eigenvalue weighted by Gasteiger charge is 2.38. The van der Waals surface area contributed by atoms with Gasteiger partial charge in [0, 0.05) is 60.5 Å². The molecule has 1 saturated heterocycles. The highest BCUT2D eigenvalue weighted by Crippen LogP contribution is 2.42. The summed E-state index contributed by atoms with van der Waals surface area (Å²) >= 11 is 0. The van der Waals surface area contributed by atoms with Gasteiger partial charge in [0.15, 0.2) is 0 Å². The zero-order chi connectivity index (χ0) is 27.1. The molecular formula is C32H35N7O. The van der Waals surface area contributed by atoms with Crippen LogP contribution in [0, 0.1) is 0 Å². The second-order valence-electron chi connectivity index (χ2n) is 11.1. The monoisotopic (exact) mass is 533 g/mol. The maximum absolute atomic E-state index is 9.32. The molecule has 3 N–H and O–H groups in total. The SMILES string of the molecule is Nc1nccn2c(C3CC(N4CCCN(CCO)CC4)C3)nc(-c3ccc4ccc(-c5ccccc5)nc4c3)c12. The third-order valence-corrected chi connectivity index (χ3v) is 8.68. The number of hydrogen-bond acceptors (Lipinski definition) is 7. The summed E-state index contributed by atoms with van der Waals surface area (Å²) in [5, 5.41) is 10.4. The van der Waals surface area contributed by atoms with Gasteiger partial charge in [0.05, 0.1) is 17.8 Å². The maximum atomic E-state index is 9.32. The van der Waals surface area contributed by atoms with Crippen LogP contribution in [0.2, 0.25) is 0 Å². The van der Waals surface area contributed by atoms with Gasteiger partial charge in [-0.15, -0.1) is 0 Å². The topological polar surface area (TPSA) is 95.8 Å². The van der Waals surface area contributed by atoms with Crippen molar-refractivity contribution in [2.24, 2.45) is 0 Å². The molecule has 0 atom stereocenters. The van der Waals surface area contributed by atoms with Gasteiger partial charge in [0.2, 0.25) is 0 Å². The van der Waals surface area contributed by atoms with E-state index < -0.39 is 0 Å². The number of nitrogens with zero attached hydrogens (tertiary/aromatic N) is 6. The van der Waals surface area contributed by atoms with Gasteiger partial charge in [0.1, 0.15) is 22.9 Å². The lowest BCUT2D eigenvalue weighted by molar-refractivity contribution is 0.107. The van der Waals surface area contributed by atoms with Crippen LogP contribution in [-0.2, 0) is 0 Å². The number of aliphatic hydroxyl groups excluding tert-OH is 1. The fraction of sp³-hybridized carbons (Fsp3) is 0.344. The van der Waals surface area contributed by atoms with Crippen molar-refractivity contribution in [1.82, 2.24) is 29.2 Å². The molecule has 2 aromatic carbocycles. The van der Waals surface area contributed by atoms with Crippen molar-refractivity contribution < 1.29 is 5.11 Å². The van der Waals surface area contributed by atoms with Crippen LogP contribution in [0.5, 0.6) is 0 Å². The Hall–Kier alpha value is -3.85. The molecule has 1 saturated carbocycles. The number of β-amino-alcohol motifs (C(OH)–C–C–N with tert-alkyl or cyclic N) is 1. The molecule has 0 bridgehead atoms. The Morgan fingerprint density at radius 2 is 1.75 bits per heavy atom. The minimum atomic E-state index is 0.236. The molecule has 2 fully saturated rings. The lowest BCUT2D eigenvalue weighted by atomic mass is 9.78. The predicted octanol–water partition coefficient (Wildman–Crippen LogP) is 4.44. The quantitative estimate of drug-likeness (QED) is 0.333. The van der Waals surface area contributed by atoms with Gasteiger partial charge in [-0.25, -0.2) is 15.0 Å². The van der Waals surface area contributed by atoms with Gasteiger partial charge in [-0.3, -0.25) is 14.2 Å². The van der Waals surface area contributed by atoms with Crippen LogP contribution in [-0.4, -0.2) is 79.6 Å². The summed E-state index contributed by atoms with van der Waals surface area (Å²) in [6, 6.07) is 21.4. The molecule has 3 aromatic heterocycles. The van der Waals surface area contributed by atoms with E-state index >= 15 is 0 Å². The van der Waals surface area contributed by atoms with Crippen molar-refractivity contribution in [3.05, 3.63) is 78.9 Å². The predicted molar refractivity (Wildman–Crippen MR) is 159 cm³/mol. The van der Waals surface area contributed by atoms with Gasteiger partial charge in [-0.05, 0) is 44.5 Å². The number of pyridine rings is 1. The Kier molecular flexibility index (Phi) is 6.67. The number of nitrogen functional groups attached to an aromatic ring is 1. The summed E-state index contributed by atoms with van der Waals surface area (Å²) in [4.78, 5) is 19.6. The lowest BCUT2D eigenvalue weighted by Gasteiger charge is -2.42. The molecule has 1 aliphatic heterocycles. The molecule has 4 heterocycles. The molecule has 7 rings (SSSR count). The van der Waals surface area contributed by atoms with Crippen LogP contribution in [0.3, 0.4) is 0 Å². The lowest BCUT2D eigenvalue weighted by Crippen LogP contribution is -2.46. The van der Waals surface area contributed by atoms with Crippen molar-refractivity contribution in [3.8, 4) is 22.5 Å². The first-order valence-corrected chi connectivity index (χ1v) is 14.3. The first-order valence-electron chi connectivity index (χ1n) is 14.3. The number of aliphatic hydroxyl groups is 1. The van der Waals surface area contributed by atoms with E-state index in [1.807, 2.05) is 24.4 Å². The number of nitrogens with two attached hydrogens (primary N) is 1. The highest BCUT2D eigenvalue weighted by molar-refractivity contribution is 5.91. The van der Waals surface area contributed by atoms with Crippen LogP contribution in [0.15, 0.2) is 73.1 Å². The largest absolute Gasteiger partial charge is 0.395 e. The average Bonchev–Trinajstić information content (AvgIpc) is 3.20. The molecule has 8 heteroatoms. The first-order chi connectivity index (χ1) is 19.7. The Morgan fingerprint density at radius 3 is 2.60 bits per heavy atom. The van der Waals surface area contributed by atoms with Crippen LogP contribution >= 0.6 is 0 Å². The minimum absolute atomic E-state index is 0.236. The molecule has 204 valence electrons. The normalized spacial score (nSPS) is 20.5. The molecule has 0 spiro atoms. The van der Waals surface area contributed by atoms with Gasteiger partial charge in [0.25, 0.3) is 0 Å². The van der Waals surface area contributed by atoms with Crippen LogP contribution < -0.4 is 5.73 Å². The van der Waals surface area contributed by atoms with Crippen LogP contribution in [0.4, 0.5) is 5.82 Å². The third-order valence-electron chi connectivity index (χ3n) is 8.68. The summed E-state index contributed by atoms with van der Waals surface area (Å²) in [7, 11) is 0. The van der Waals surface area contributed by atoms with Crippen molar-refractivity contribution in [1.29, 1.82) is 0 Å².